The summed E-state index contributed by atoms with van der Waals surface area (Å²) >= 11 is 0. The van der Waals surface area contributed by atoms with Crippen molar-refractivity contribution in [1.29, 1.82) is 5.26 Å². The number of nitrogen functional groups attached to an aromatic ring is 1. The van der Waals surface area contributed by atoms with E-state index in [0.717, 1.165) is 4.31 Å². The quantitative estimate of drug-likeness (QED) is 0.661. The summed E-state index contributed by atoms with van der Waals surface area (Å²) in [6.07, 6.45) is 0. The summed E-state index contributed by atoms with van der Waals surface area (Å²) in [6.45, 7) is 0. The van der Waals surface area contributed by atoms with E-state index < -0.39 is 10.0 Å². The standard InChI is InChI=1S/C14H14N4O2S/c1-18(13-4-2-3-11(9-13)10-15)21(19,20)14-7-5-12(17-16)6-8-14/h2-9,17H,16H2,1H3. The van der Waals surface area contributed by atoms with Gasteiger partial charge in [0.05, 0.1) is 22.2 Å². The van der Waals surface area contributed by atoms with E-state index in [9.17, 15) is 8.42 Å². The number of nitrogens with two attached hydrogens (primary N) is 1. The Bertz CT molecular complexity index is 779. The Hall–Kier alpha value is -2.56. The molecule has 2 aromatic carbocycles. The maximum atomic E-state index is 12.5. The Morgan fingerprint density at radius 1 is 1.19 bits per heavy atom. The number of rotatable bonds is 4. The van der Waals surface area contributed by atoms with Crippen LogP contribution in [-0.2, 0) is 10.0 Å². The van der Waals surface area contributed by atoms with Crippen LogP contribution in [0.5, 0.6) is 0 Å². The van der Waals surface area contributed by atoms with E-state index in [1.165, 1.54) is 25.2 Å². The van der Waals surface area contributed by atoms with E-state index in [1.54, 1.807) is 30.3 Å². The van der Waals surface area contributed by atoms with Crippen LogP contribution in [0, 0.1) is 11.3 Å². The van der Waals surface area contributed by atoms with Gasteiger partial charge in [0.25, 0.3) is 10.0 Å². The molecular weight excluding hydrogens is 288 g/mol. The Morgan fingerprint density at radius 3 is 2.43 bits per heavy atom. The lowest BCUT2D eigenvalue weighted by molar-refractivity contribution is 0.594. The van der Waals surface area contributed by atoms with Crippen molar-refractivity contribution in [3.8, 4) is 6.07 Å². The SMILES string of the molecule is CN(c1cccc(C#N)c1)S(=O)(=O)c1ccc(NN)cc1. The average Bonchev–Trinajstić information content (AvgIpc) is 2.54. The average molecular weight is 302 g/mol. The summed E-state index contributed by atoms with van der Waals surface area (Å²) in [5, 5.41) is 8.88. The number of sulfonamides is 1. The van der Waals surface area contributed by atoms with Crippen LogP contribution in [-0.4, -0.2) is 15.5 Å². The van der Waals surface area contributed by atoms with Gasteiger partial charge in [-0.2, -0.15) is 5.26 Å². The van der Waals surface area contributed by atoms with Gasteiger partial charge in [0, 0.05) is 12.7 Å². The third-order valence-corrected chi connectivity index (χ3v) is 4.82. The lowest BCUT2D eigenvalue weighted by Crippen LogP contribution is -2.26. The molecule has 0 radical (unpaired) electrons. The molecule has 6 nitrogen and oxygen atoms in total. The van der Waals surface area contributed by atoms with Crippen molar-refractivity contribution < 1.29 is 8.42 Å². The fraction of sp³-hybridized carbons (Fsp3) is 0.0714. The van der Waals surface area contributed by atoms with Crippen LogP contribution in [0.4, 0.5) is 11.4 Å². The normalized spacial score (nSPS) is 10.7. The first-order valence-electron chi connectivity index (χ1n) is 6.05. The van der Waals surface area contributed by atoms with Gasteiger partial charge in [-0.1, -0.05) is 6.07 Å². The zero-order valence-electron chi connectivity index (χ0n) is 11.3. The number of hydrogen-bond donors (Lipinski definition) is 2. The number of benzene rings is 2. The van der Waals surface area contributed by atoms with Gasteiger partial charge >= 0.3 is 0 Å². The van der Waals surface area contributed by atoms with Crippen LogP contribution >= 0.6 is 0 Å². The van der Waals surface area contributed by atoms with Crippen LogP contribution in [0.3, 0.4) is 0 Å². The maximum absolute atomic E-state index is 12.5. The van der Waals surface area contributed by atoms with Gasteiger partial charge in [0.1, 0.15) is 0 Å². The fourth-order valence-electron chi connectivity index (χ4n) is 1.79. The number of anilines is 2. The van der Waals surface area contributed by atoms with Crippen molar-refractivity contribution in [2.24, 2.45) is 5.84 Å². The fourth-order valence-corrected chi connectivity index (χ4v) is 2.98. The number of hydrazine groups is 1. The van der Waals surface area contributed by atoms with Crippen LogP contribution in [0.25, 0.3) is 0 Å². The van der Waals surface area contributed by atoms with Gasteiger partial charge in [-0.05, 0) is 42.5 Å². The highest BCUT2D eigenvalue weighted by molar-refractivity contribution is 7.92. The molecule has 0 atom stereocenters. The summed E-state index contributed by atoms with van der Waals surface area (Å²) in [5.74, 6) is 5.25. The predicted octanol–water partition coefficient (Wildman–Crippen LogP) is 1.67. The first kappa shape index (κ1) is 14.8. The minimum atomic E-state index is -3.69. The zero-order valence-corrected chi connectivity index (χ0v) is 12.1. The van der Waals surface area contributed by atoms with Gasteiger partial charge in [-0.15, -0.1) is 0 Å². The molecule has 3 N–H and O–H groups in total. The first-order valence-corrected chi connectivity index (χ1v) is 7.49. The van der Waals surface area contributed by atoms with Gasteiger partial charge in [-0.25, -0.2) is 8.42 Å². The van der Waals surface area contributed by atoms with E-state index >= 15 is 0 Å². The molecule has 0 aliphatic rings. The van der Waals surface area contributed by atoms with Gasteiger partial charge in [0.15, 0.2) is 0 Å². The van der Waals surface area contributed by atoms with Gasteiger partial charge in [0.2, 0.25) is 0 Å². The minimum absolute atomic E-state index is 0.145. The summed E-state index contributed by atoms with van der Waals surface area (Å²) < 4.78 is 26.2. The zero-order chi connectivity index (χ0) is 15.5. The molecule has 0 amide bonds. The Kier molecular flexibility index (Phi) is 4.12. The van der Waals surface area contributed by atoms with E-state index in [4.69, 9.17) is 11.1 Å². The molecule has 2 aromatic rings. The van der Waals surface area contributed by atoms with E-state index in [1.807, 2.05) is 6.07 Å². The van der Waals surface area contributed by atoms with Crippen molar-refractivity contribution in [2.75, 3.05) is 16.8 Å². The van der Waals surface area contributed by atoms with Crippen molar-refractivity contribution in [3.63, 3.8) is 0 Å². The molecule has 0 unspecified atom stereocenters. The monoisotopic (exact) mass is 302 g/mol. The Labute approximate surface area is 123 Å². The number of nitrogens with one attached hydrogen (secondary N) is 1. The van der Waals surface area contributed by atoms with Gasteiger partial charge in [-0.3, -0.25) is 10.1 Å². The molecule has 0 fully saturated rings. The maximum Gasteiger partial charge on any atom is 0.264 e. The predicted molar refractivity (Wildman–Crippen MR) is 81.0 cm³/mol. The van der Waals surface area contributed by atoms with E-state index in [-0.39, 0.29) is 4.90 Å². The molecule has 0 bridgehead atoms. The second-order valence-corrected chi connectivity index (χ2v) is 6.27. The molecule has 0 spiro atoms. The van der Waals surface area contributed by atoms with Crippen molar-refractivity contribution in [3.05, 3.63) is 54.1 Å². The molecule has 108 valence electrons. The molecule has 0 saturated carbocycles. The van der Waals surface area contributed by atoms with Crippen molar-refractivity contribution in [1.82, 2.24) is 0 Å². The number of hydrogen-bond acceptors (Lipinski definition) is 5. The van der Waals surface area contributed by atoms with Crippen LogP contribution in [0.1, 0.15) is 5.56 Å². The topological polar surface area (TPSA) is 99.2 Å². The van der Waals surface area contributed by atoms with Crippen molar-refractivity contribution in [2.45, 2.75) is 4.90 Å². The minimum Gasteiger partial charge on any atom is -0.324 e. The number of nitrogens with zero attached hydrogens (tertiary/aromatic N) is 2. The second-order valence-electron chi connectivity index (χ2n) is 4.30. The third-order valence-electron chi connectivity index (χ3n) is 3.02. The molecule has 0 aliphatic heterocycles. The van der Waals surface area contributed by atoms with Crippen molar-refractivity contribution >= 4 is 21.4 Å². The molecule has 0 aliphatic carbocycles. The largest absolute Gasteiger partial charge is 0.324 e. The van der Waals surface area contributed by atoms with Crippen LogP contribution in [0.15, 0.2) is 53.4 Å². The highest BCUT2D eigenvalue weighted by Gasteiger charge is 2.21. The Balaban J connectivity index is 2.39. The van der Waals surface area contributed by atoms with Crippen LogP contribution in [0.2, 0.25) is 0 Å². The second kappa shape index (κ2) is 5.83. The molecule has 0 heterocycles. The smallest absolute Gasteiger partial charge is 0.264 e. The summed E-state index contributed by atoms with van der Waals surface area (Å²) in [6, 6.07) is 14.5. The highest BCUT2D eigenvalue weighted by Crippen LogP contribution is 2.23. The lowest BCUT2D eigenvalue weighted by Gasteiger charge is -2.19. The lowest BCUT2D eigenvalue weighted by atomic mass is 10.2. The van der Waals surface area contributed by atoms with E-state index in [2.05, 4.69) is 5.43 Å². The molecule has 0 aromatic heterocycles. The summed E-state index contributed by atoms with van der Waals surface area (Å²) in [5.41, 5.74) is 3.88. The molecule has 21 heavy (non-hydrogen) atoms. The van der Waals surface area contributed by atoms with E-state index in [0.29, 0.717) is 16.9 Å². The Morgan fingerprint density at radius 2 is 1.86 bits per heavy atom. The van der Waals surface area contributed by atoms with Gasteiger partial charge < -0.3 is 5.43 Å². The third kappa shape index (κ3) is 2.97. The molecule has 7 heteroatoms. The summed E-state index contributed by atoms with van der Waals surface area (Å²) in [7, 11) is -2.24. The highest BCUT2D eigenvalue weighted by atomic mass is 32.2. The molecular formula is C14H14N4O2S. The first-order chi connectivity index (χ1) is 9.98. The molecule has 2 rings (SSSR count). The van der Waals surface area contributed by atoms with Crippen LogP contribution < -0.4 is 15.6 Å². The number of nitriles is 1. The molecule has 0 saturated heterocycles. The summed E-state index contributed by atoms with van der Waals surface area (Å²) in [4.78, 5) is 0.145.